The number of carbonyl (C=O) groups excluding carboxylic acids is 1. The van der Waals surface area contributed by atoms with Crippen LogP contribution < -0.4 is 5.32 Å². The molecule has 0 aliphatic carbocycles. The summed E-state index contributed by atoms with van der Waals surface area (Å²) in [5.74, 6) is 0.139. The zero-order chi connectivity index (χ0) is 5.98. The van der Waals surface area contributed by atoms with Gasteiger partial charge in [-0.25, -0.2) is 0 Å². The SMILES string of the molecule is O=C1NCCC1=C[SiH3]. The maximum absolute atomic E-state index is 10.6. The highest BCUT2D eigenvalue weighted by Crippen LogP contribution is 2.04. The molecule has 44 valence electrons. The molecule has 0 unspecified atom stereocenters. The molecule has 1 heterocycles. The Hall–Kier alpha value is -0.573. The van der Waals surface area contributed by atoms with Crippen LogP contribution in [0.2, 0.25) is 0 Å². The molecule has 0 atom stereocenters. The molecule has 8 heavy (non-hydrogen) atoms. The summed E-state index contributed by atoms with van der Waals surface area (Å²) in [6.45, 7) is 0.840. The summed E-state index contributed by atoms with van der Waals surface area (Å²) in [7, 11) is 0.997. The molecule has 0 radical (unpaired) electrons. The molecule has 0 aromatic heterocycles. The lowest BCUT2D eigenvalue weighted by Gasteiger charge is -1.85. The Morgan fingerprint density at radius 1 is 1.75 bits per heavy atom. The average molecular weight is 127 g/mol. The number of hydrogen-bond acceptors (Lipinski definition) is 1. The van der Waals surface area contributed by atoms with Gasteiger partial charge in [0.15, 0.2) is 0 Å². The lowest BCUT2D eigenvalue weighted by molar-refractivity contribution is -0.116. The Morgan fingerprint density at radius 2 is 2.50 bits per heavy atom. The van der Waals surface area contributed by atoms with E-state index in [-0.39, 0.29) is 5.91 Å². The minimum Gasteiger partial charge on any atom is -0.352 e. The molecule has 1 aliphatic heterocycles. The fourth-order valence-electron chi connectivity index (χ4n) is 0.813. The molecule has 0 aromatic carbocycles. The zero-order valence-corrected chi connectivity index (χ0v) is 6.90. The molecule has 1 N–H and O–H groups in total. The first kappa shape index (κ1) is 5.56. The number of rotatable bonds is 0. The molecule has 3 heteroatoms. The molecule has 1 saturated heterocycles. The van der Waals surface area contributed by atoms with Gasteiger partial charge in [0.1, 0.15) is 0 Å². The highest BCUT2D eigenvalue weighted by atomic mass is 28.1. The van der Waals surface area contributed by atoms with Crippen molar-refractivity contribution in [1.29, 1.82) is 0 Å². The second-order valence-electron chi connectivity index (χ2n) is 1.82. The van der Waals surface area contributed by atoms with Gasteiger partial charge in [0.2, 0.25) is 5.91 Å². The van der Waals surface area contributed by atoms with Gasteiger partial charge < -0.3 is 5.32 Å². The van der Waals surface area contributed by atoms with E-state index in [4.69, 9.17) is 0 Å². The Balaban J connectivity index is 2.69. The van der Waals surface area contributed by atoms with Gasteiger partial charge in [0, 0.05) is 22.4 Å². The van der Waals surface area contributed by atoms with E-state index in [1.165, 1.54) is 0 Å². The first-order valence-electron chi connectivity index (χ1n) is 2.78. The molecule has 1 fully saturated rings. The van der Waals surface area contributed by atoms with Gasteiger partial charge in [-0.15, -0.1) is 0 Å². The lowest BCUT2D eigenvalue weighted by atomic mass is 10.3. The van der Waals surface area contributed by atoms with Crippen LogP contribution >= 0.6 is 0 Å². The predicted molar refractivity (Wildman–Crippen MR) is 35.6 cm³/mol. The predicted octanol–water partition coefficient (Wildman–Crippen LogP) is -1.24. The second kappa shape index (κ2) is 2.13. The standard InChI is InChI=1S/C5H9NOSi/c7-5-4(3-8)1-2-6-5/h3H,1-2H2,8H3,(H,6,7). The van der Waals surface area contributed by atoms with E-state index in [2.05, 4.69) is 5.32 Å². The van der Waals surface area contributed by atoms with E-state index in [9.17, 15) is 4.79 Å². The molecule has 0 bridgehead atoms. The third-order valence-corrected chi connectivity index (χ3v) is 2.02. The molecule has 0 aromatic rings. The van der Waals surface area contributed by atoms with E-state index in [1.807, 2.05) is 5.70 Å². The Kier molecular flexibility index (Phi) is 1.48. The summed E-state index contributed by atoms with van der Waals surface area (Å²) in [5.41, 5.74) is 2.99. The maximum Gasteiger partial charge on any atom is 0.246 e. The zero-order valence-electron chi connectivity index (χ0n) is 4.90. The second-order valence-corrected chi connectivity index (χ2v) is 2.40. The minimum absolute atomic E-state index is 0.139. The van der Waals surface area contributed by atoms with Crippen molar-refractivity contribution in [2.45, 2.75) is 6.42 Å². The van der Waals surface area contributed by atoms with Crippen molar-refractivity contribution in [2.75, 3.05) is 6.54 Å². The molecular weight excluding hydrogens is 118 g/mol. The first-order valence-corrected chi connectivity index (χ1v) is 3.93. The van der Waals surface area contributed by atoms with Crippen LogP contribution in [0.5, 0.6) is 0 Å². The van der Waals surface area contributed by atoms with Crippen molar-refractivity contribution in [3.05, 3.63) is 11.3 Å². The van der Waals surface area contributed by atoms with Gasteiger partial charge in [-0.05, 0) is 6.42 Å². The van der Waals surface area contributed by atoms with Crippen LogP contribution in [0.3, 0.4) is 0 Å². The third-order valence-electron chi connectivity index (χ3n) is 1.32. The molecule has 1 aliphatic rings. The summed E-state index contributed by atoms with van der Waals surface area (Å²) in [6.07, 6.45) is 0.933. The Labute approximate surface area is 51.4 Å². The van der Waals surface area contributed by atoms with Crippen molar-refractivity contribution in [3.8, 4) is 0 Å². The molecule has 2 nitrogen and oxygen atoms in total. The average Bonchev–Trinajstić information content (AvgIpc) is 2.14. The quantitative estimate of drug-likeness (QED) is 0.320. The van der Waals surface area contributed by atoms with E-state index in [0.717, 1.165) is 28.8 Å². The first-order chi connectivity index (χ1) is 3.84. The van der Waals surface area contributed by atoms with Gasteiger partial charge in [0.25, 0.3) is 0 Å². The normalized spacial score (nSPS) is 24.5. The van der Waals surface area contributed by atoms with E-state index >= 15 is 0 Å². The van der Waals surface area contributed by atoms with Crippen LogP contribution in [0.15, 0.2) is 11.3 Å². The van der Waals surface area contributed by atoms with Crippen LogP contribution in [0.4, 0.5) is 0 Å². The van der Waals surface area contributed by atoms with Crippen LogP contribution in [0.25, 0.3) is 0 Å². The lowest BCUT2D eigenvalue weighted by Crippen LogP contribution is -2.13. The largest absolute Gasteiger partial charge is 0.352 e. The van der Waals surface area contributed by atoms with Crippen LogP contribution in [0, 0.1) is 0 Å². The fraction of sp³-hybridized carbons (Fsp3) is 0.400. The number of carbonyl (C=O) groups is 1. The molecule has 1 rings (SSSR count). The molecule has 1 amide bonds. The summed E-state index contributed by atoms with van der Waals surface area (Å²) in [4.78, 5) is 10.6. The maximum atomic E-state index is 10.6. The highest BCUT2D eigenvalue weighted by molar-refractivity contribution is 6.20. The van der Waals surface area contributed by atoms with Gasteiger partial charge in [-0.1, -0.05) is 5.70 Å². The van der Waals surface area contributed by atoms with Gasteiger partial charge >= 0.3 is 0 Å². The number of amides is 1. The fourth-order valence-corrected chi connectivity index (χ4v) is 1.36. The smallest absolute Gasteiger partial charge is 0.246 e. The van der Waals surface area contributed by atoms with E-state index in [1.54, 1.807) is 0 Å². The summed E-state index contributed by atoms with van der Waals surface area (Å²) in [5, 5.41) is 2.74. The van der Waals surface area contributed by atoms with Gasteiger partial charge in [-0.3, -0.25) is 4.79 Å². The van der Waals surface area contributed by atoms with Crippen LogP contribution in [0.1, 0.15) is 6.42 Å². The topological polar surface area (TPSA) is 29.1 Å². The minimum atomic E-state index is 0.139. The van der Waals surface area contributed by atoms with Gasteiger partial charge in [-0.2, -0.15) is 0 Å². The van der Waals surface area contributed by atoms with Crippen LogP contribution in [-0.4, -0.2) is 22.7 Å². The Bertz CT molecular complexity index is 141. The molecular formula is C5H9NOSi. The molecule has 0 spiro atoms. The van der Waals surface area contributed by atoms with Crippen LogP contribution in [-0.2, 0) is 4.79 Å². The third kappa shape index (κ3) is 0.814. The number of hydrogen-bond donors (Lipinski definition) is 1. The molecule has 0 saturated carbocycles. The number of nitrogens with one attached hydrogen (secondary N) is 1. The van der Waals surface area contributed by atoms with Crippen molar-refractivity contribution in [2.24, 2.45) is 0 Å². The summed E-state index contributed by atoms with van der Waals surface area (Å²) >= 11 is 0. The highest BCUT2D eigenvalue weighted by Gasteiger charge is 2.13. The summed E-state index contributed by atoms with van der Waals surface area (Å²) in [6, 6.07) is 0. The van der Waals surface area contributed by atoms with Crippen molar-refractivity contribution >= 4 is 16.1 Å². The monoisotopic (exact) mass is 127 g/mol. The van der Waals surface area contributed by atoms with Crippen molar-refractivity contribution < 1.29 is 4.79 Å². The van der Waals surface area contributed by atoms with Crippen molar-refractivity contribution in [3.63, 3.8) is 0 Å². The van der Waals surface area contributed by atoms with E-state index < -0.39 is 0 Å². The summed E-state index contributed by atoms with van der Waals surface area (Å²) < 4.78 is 0. The Morgan fingerprint density at radius 3 is 2.75 bits per heavy atom. The van der Waals surface area contributed by atoms with Crippen molar-refractivity contribution in [1.82, 2.24) is 5.32 Å². The van der Waals surface area contributed by atoms with E-state index in [0.29, 0.717) is 0 Å². The van der Waals surface area contributed by atoms with Gasteiger partial charge in [0.05, 0.1) is 0 Å².